The van der Waals surface area contributed by atoms with Gasteiger partial charge in [-0.25, -0.2) is 0 Å². The van der Waals surface area contributed by atoms with Crippen molar-refractivity contribution < 1.29 is 0 Å². The molecule has 0 amide bonds. The predicted octanol–water partition coefficient (Wildman–Crippen LogP) is 2.66. The maximum atomic E-state index is 5.66. The number of nitrogens with two attached hydrogens (primary N) is 1. The molecule has 4 heteroatoms. The molecule has 0 radical (unpaired) electrons. The first-order valence-electron chi connectivity index (χ1n) is 3.45. The van der Waals surface area contributed by atoms with Gasteiger partial charge in [-0.05, 0) is 23.9 Å². The third-order valence-electron chi connectivity index (χ3n) is 1.69. The zero-order valence-electron chi connectivity index (χ0n) is 6.70. The first-order chi connectivity index (χ1) is 4.75. The van der Waals surface area contributed by atoms with Crippen LogP contribution in [0.2, 0.25) is 0 Å². The fourth-order valence-corrected chi connectivity index (χ4v) is 1.60. The minimum absolute atomic E-state index is 0. The van der Waals surface area contributed by atoms with Gasteiger partial charge in [-0.2, -0.15) is 4.37 Å². The van der Waals surface area contributed by atoms with Crippen LogP contribution in [0.25, 0.3) is 0 Å². The van der Waals surface area contributed by atoms with Crippen molar-refractivity contribution in [1.82, 2.24) is 4.37 Å². The third kappa shape index (κ3) is 2.34. The van der Waals surface area contributed by atoms with Crippen LogP contribution in [-0.4, -0.2) is 4.37 Å². The van der Waals surface area contributed by atoms with Gasteiger partial charge in [0.15, 0.2) is 0 Å². The molecule has 0 bridgehead atoms. The van der Waals surface area contributed by atoms with Crippen LogP contribution in [0.15, 0.2) is 6.20 Å². The van der Waals surface area contributed by atoms with Gasteiger partial charge in [-0.1, -0.05) is 13.8 Å². The molecule has 0 spiro atoms. The Morgan fingerprint density at radius 3 is 2.73 bits per heavy atom. The number of nitrogens with zero attached hydrogens (tertiary/aromatic N) is 1. The van der Waals surface area contributed by atoms with Gasteiger partial charge in [0.1, 0.15) is 0 Å². The number of nitrogen functional groups attached to an aromatic ring is 1. The number of aromatic nitrogens is 1. The summed E-state index contributed by atoms with van der Waals surface area (Å²) in [5.74, 6) is 0.562. The third-order valence-corrected chi connectivity index (χ3v) is 2.73. The number of halogens is 1. The lowest BCUT2D eigenvalue weighted by molar-refractivity contribution is 0.750. The highest BCUT2D eigenvalue weighted by Gasteiger charge is 2.08. The molecule has 2 N–H and O–H groups in total. The van der Waals surface area contributed by atoms with Crippen LogP contribution in [0.3, 0.4) is 0 Å². The maximum absolute atomic E-state index is 5.66. The summed E-state index contributed by atoms with van der Waals surface area (Å²) in [5, 5.41) is 0. The van der Waals surface area contributed by atoms with E-state index < -0.39 is 0 Å². The van der Waals surface area contributed by atoms with Gasteiger partial charge in [0.2, 0.25) is 0 Å². The van der Waals surface area contributed by atoms with E-state index in [0.717, 1.165) is 12.1 Å². The first-order valence-corrected chi connectivity index (χ1v) is 4.23. The number of rotatable bonds is 2. The van der Waals surface area contributed by atoms with Gasteiger partial charge in [-0.3, -0.25) is 0 Å². The Balaban J connectivity index is 0.000001000. The number of anilines is 1. The number of hydrogen-bond acceptors (Lipinski definition) is 3. The van der Waals surface area contributed by atoms with Crippen molar-refractivity contribution in [2.24, 2.45) is 0 Å². The Hall–Kier alpha value is -0.280. The van der Waals surface area contributed by atoms with Crippen molar-refractivity contribution >= 4 is 29.6 Å². The van der Waals surface area contributed by atoms with Gasteiger partial charge in [0.25, 0.3) is 0 Å². The smallest absolute Gasteiger partial charge is 0.0662 e. The van der Waals surface area contributed by atoms with Crippen molar-refractivity contribution in [3.63, 3.8) is 0 Å². The van der Waals surface area contributed by atoms with Gasteiger partial charge >= 0.3 is 0 Å². The highest BCUT2D eigenvalue weighted by molar-refractivity contribution is 7.06. The zero-order chi connectivity index (χ0) is 7.56. The van der Waals surface area contributed by atoms with Crippen LogP contribution in [0.1, 0.15) is 31.1 Å². The molecule has 2 nitrogen and oxygen atoms in total. The summed E-state index contributed by atoms with van der Waals surface area (Å²) in [6.07, 6.45) is 2.86. The zero-order valence-corrected chi connectivity index (χ0v) is 8.34. The van der Waals surface area contributed by atoms with E-state index in [1.54, 1.807) is 6.20 Å². The second-order valence-corrected chi connectivity index (χ2v) is 3.29. The molecule has 11 heavy (non-hydrogen) atoms. The van der Waals surface area contributed by atoms with E-state index in [1.807, 2.05) is 0 Å². The monoisotopic (exact) mass is 192 g/mol. The average Bonchev–Trinajstić information content (AvgIpc) is 2.34. The molecule has 0 aliphatic carbocycles. The summed E-state index contributed by atoms with van der Waals surface area (Å²) >= 11 is 1.51. The Kier molecular flexibility index (Phi) is 4.45. The lowest BCUT2D eigenvalue weighted by Gasteiger charge is -2.04. The normalized spacial score (nSPS) is 12.2. The van der Waals surface area contributed by atoms with Gasteiger partial charge in [-0.15, -0.1) is 12.4 Å². The summed E-state index contributed by atoms with van der Waals surface area (Å²) in [7, 11) is 0. The molecule has 0 fully saturated rings. The number of hydrogen-bond donors (Lipinski definition) is 1. The largest absolute Gasteiger partial charge is 0.397 e. The quantitative estimate of drug-likeness (QED) is 0.783. The second kappa shape index (κ2) is 4.57. The van der Waals surface area contributed by atoms with Gasteiger partial charge in [0.05, 0.1) is 16.8 Å². The lowest BCUT2D eigenvalue weighted by Crippen LogP contribution is -1.92. The van der Waals surface area contributed by atoms with E-state index in [-0.39, 0.29) is 12.4 Å². The summed E-state index contributed by atoms with van der Waals surface area (Å²) in [4.78, 5) is 1.22. The molecule has 0 saturated carbocycles. The van der Waals surface area contributed by atoms with E-state index in [1.165, 1.54) is 16.4 Å². The van der Waals surface area contributed by atoms with Crippen molar-refractivity contribution in [2.45, 2.75) is 26.2 Å². The van der Waals surface area contributed by atoms with Crippen LogP contribution < -0.4 is 5.73 Å². The minimum atomic E-state index is 0. The molecule has 0 aliphatic heterocycles. The van der Waals surface area contributed by atoms with Crippen LogP contribution in [0, 0.1) is 0 Å². The van der Waals surface area contributed by atoms with Crippen LogP contribution in [-0.2, 0) is 0 Å². The van der Waals surface area contributed by atoms with Crippen molar-refractivity contribution in [3.05, 3.63) is 11.1 Å². The Morgan fingerprint density at radius 2 is 2.36 bits per heavy atom. The van der Waals surface area contributed by atoms with Crippen molar-refractivity contribution in [3.8, 4) is 0 Å². The Labute approximate surface area is 77.4 Å². The SMILES string of the molecule is CCC(C)c1sncc1N.Cl. The van der Waals surface area contributed by atoms with E-state index in [9.17, 15) is 0 Å². The summed E-state index contributed by atoms with van der Waals surface area (Å²) in [5.41, 5.74) is 6.51. The Bertz CT molecular complexity index is 212. The van der Waals surface area contributed by atoms with Crippen LogP contribution in [0.5, 0.6) is 0 Å². The highest BCUT2D eigenvalue weighted by atomic mass is 35.5. The molecule has 1 aromatic heterocycles. The maximum Gasteiger partial charge on any atom is 0.0662 e. The van der Waals surface area contributed by atoms with Crippen LogP contribution in [0.4, 0.5) is 5.69 Å². The molecular weight excluding hydrogens is 180 g/mol. The lowest BCUT2D eigenvalue weighted by atomic mass is 10.1. The Morgan fingerprint density at radius 1 is 1.73 bits per heavy atom. The van der Waals surface area contributed by atoms with Gasteiger partial charge in [0, 0.05) is 0 Å². The van der Waals surface area contributed by atoms with E-state index in [2.05, 4.69) is 18.2 Å². The highest BCUT2D eigenvalue weighted by Crippen LogP contribution is 2.27. The summed E-state index contributed by atoms with van der Waals surface area (Å²) < 4.78 is 4.01. The van der Waals surface area contributed by atoms with Crippen LogP contribution >= 0.6 is 23.9 Å². The van der Waals surface area contributed by atoms with Crippen molar-refractivity contribution in [2.75, 3.05) is 5.73 Å². The topological polar surface area (TPSA) is 38.9 Å². The fourth-order valence-electron chi connectivity index (χ4n) is 0.816. The summed E-state index contributed by atoms with van der Waals surface area (Å²) in [6, 6.07) is 0. The molecule has 1 unspecified atom stereocenters. The molecule has 1 atom stereocenters. The summed E-state index contributed by atoms with van der Waals surface area (Å²) in [6.45, 7) is 4.33. The first kappa shape index (κ1) is 10.7. The van der Waals surface area contributed by atoms with E-state index in [4.69, 9.17) is 5.73 Å². The molecule has 0 saturated heterocycles. The molecule has 0 aliphatic rings. The molecular formula is C7H13ClN2S. The van der Waals surface area contributed by atoms with Gasteiger partial charge < -0.3 is 5.73 Å². The molecule has 1 aromatic rings. The molecule has 1 rings (SSSR count). The standard InChI is InChI=1S/C7H12N2S.ClH/c1-3-5(2)7-6(8)4-9-10-7;/h4-5H,3,8H2,1-2H3;1H. The molecule has 64 valence electrons. The van der Waals surface area contributed by atoms with E-state index in [0.29, 0.717) is 5.92 Å². The van der Waals surface area contributed by atoms with E-state index >= 15 is 0 Å². The minimum Gasteiger partial charge on any atom is -0.397 e. The predicted molar refractivity (Wildman–Crippen MR) is 52.5 cm³/mol. The van der Waals surface area contributed by atoms with Crippen molar-refractivity contribution in [1.29, 1.82) is 0 Å². The molecule has 1 heterocycles. The average molecular weight is 193 g/mol. The molecule has 0 aromatic carbocycles. The fraction of sp³-hybridized carbons (Fsp3) is 0.571. The second-order valence-electron chi connectivity index (χ2n) is 2.45.